The molecule has 0 unspecified atom stereocenters. The first-order chi connectivity index (χ1) is 6.88. The number of allylic oxidation sites excluding steroid dienone is 1. The Morgan fingerprint density at radius 3 is 2.50 bits per heavy atom. The van der Waals surface area contributed by atoms with E-state index < -0.39 is 0 Å². The molecule has 0 aliphatic heterocycles. The molecule has 0 atom stereocenters. The Labute approximate surface area is 90.9 Å². The largest absolute Gasteiger partial charge is 0.127 e. The number of hydrogen-bond donors (Lipinski definition) is 0. The Hall–Kier alpha value is -0.970. The van der Waals surface area contributed by atoms with E-state index in [9.17, 15) is 0 Å². The first-order valence-electron chi connectivity index (χ1n) is 4.89. The van der Waals surface area contributed by atoms with Crippen LogP contribution in [0.1, 0.15) is 24.8 Å². The zero-order valence-corrected chi connectivity index (χ0v) is 9.06. The molecule has 14 heavy (non-hydrogen) atoms. The van der Waals surface area contributed by atoms with Gasteiger partial charge in [0.25, 0.3) is 0 Å². The Morgan fingerprint density at radius 1 is 1.21 bits per heavy atom. The van der Waals surface area contributed by atoms with E-state index in [1.807, 2.05) is 18.2 Å². The molecular weight excluding hydrogens is 192 g/mol. The van der Waals surface area contributed by atoms with Gasteiger partial charge in [-0.1, -0.05) is 36.9 Å². The molecule has 0 aromatic heterocycles. The second kappa shape index (κ2) is 6.48. The Bertz CT molecular complexity index is 307. The minimum Gasteiger partial charge on any atom is -0.127 e. The summed E-state index contributed by atoms with van der Waals surface area (Å²) in [7, 11) is 0. The molecule has 0 heterocycles. The van der Waals surface area contributed by atoms with E-state index in [0.717, 1.165) is 25.1 Å². The van der Waals surface area contributed by atoms with Gasteiger partial charge < -0.3 is 0 Å². The predicted octanol–water partition coefficient (Wildman–Crippen LogP) is 4.26. The summed E-state index contributed by atoms with van der Waals surface area (Å²) in [5.74, 6) is 0.735. The summed E-state index contributed by atoms with van der Waals surface area (Å²) in [5, 5.41) is 0. The van der Waals surface area contributed by atoms with Crippen LogP contribution in [0.3, 0.4) is 0 Å². The van der Waals surface area contributed by atoms with Gasteiger partial charge in [-0.3, -0.25) is 0 Å². The van der Waals surface area contributed by atoms with Gasteiger partial charge in [-0.2, -0.15) is 0 Å². The fourth-order valence-electron chi connectivity index (χ4n) is 1.37. The Balaban J connectivity index is 2.61. The van der Waals surface area contributed by atoms with E-state index in [0.29, 0.717) is 0 Å². The first-order valence-corrected chi connectivity index (χ1v) is 5.42. The van der Waals surface area contributed by atoms with Crippen molar-refractivity contribution < 1.29 is 0 Å². The molecule has 1 aromatic carbocycles. The van der Waals surface area contributed by atoms with Crippen molar-refractivity contribution in [1.29, 1.82) is 0 Å². The predicted molar refractivity (Wildman–Crippen MR) is 63.6 cm³/mol. The number of alkyl halides is 1. The highest BCUT2D eigenvalue weighted by Gasteiger charge is 1.98. The highest BCUT2D eigenvalue weighted by atomic mass is 35.5. The van der Waals surface area contributed by atoms with Crippen molar-refractivity contribution in [2.75, 3.05) is 5.88 Å². The molecule has 1 aromatic rings. The molecular formula is C13H15Cl. The normalized spacial score (nSPS) is 9.50. The molecule has 0 N–H and O–H groups in total. The maximum atomic E-state index is 5.63. The van der Waals surface area contributed by atoms with Crippen LogP contribution in [-0.4, -0.2) is 5.88 Å². The fraction of sp³-hybridized carbons (Fsp3) is 0.308. The lowest BCUT2D eigenvalue weighted by molar-refractivity contribution is 0.830. The van der Waals surface area contributed by atoms with E-state index in [1.54, 1.807) is 0 Å². The third-order valence-electron chi connectivity index (χ3n) is 2.15. The van der Waals surface area contributed by atoms with Crippen LogP contribution in [0.25, 0.3) is 5.57 Å². The summed E-state index contributed by atoms with van der Waals surface area (Å²) >= 11 is 5.63. The van der Waals surface area contributed by atoms with Gasteiger partial charge in [-0.05, 0) is 24.8 Å². The lowest BCUT2D eigenvalue weighted by Gasteiger charge is -2.03. The van der Waals surface area contributed by atoms with Crippen LogP contribution < -0.4 is 0 Å². The Kier molecular flexibility index (Phi) is 5.14. The van der Waals surface area contributed by atoms with Gasteiger partial charge in [-0.25, -0.2) is 0 Å². The molecule has 1 heteroatoms. The summed E-state index contributed by atoms with van der Waals surface area (Å²) in [6.45, 7) is 3.72. The topological polar surface area (TPSA) is 0 Å². The maximum Gasteiger partial charge on any atom is 0.0223 e. The molecule has 0 saturated heterocycles. The quantitative estimate of drug-likeness (QED) is 0.384. The van der Waals surface area contributed by atoms with Crippen molar-refractivity contribution in [2.45, 2.75) is 19.3 Å². The summed E-state index contributed by atoms with van der Waals surface area (Å²) in [6.07, 6.45) is 3.18. The lowest BCUT2D eigenvalue weighted by atomic mass is 10.0. The molecule has 0 fully saturated rings. The Morgan fingerprint density at radius 2 is 1.93 bits per heavy atom. The average molecular weight is 207 g/mol. The monoisotopic (exact) mass is 206 g/mol. The summed E-state index contributed by atoms with van der Waals surface area (Å²) in [6, 6.07) is 10.3. The van der Waals surface area contributed by atoms with Crippen LogP contribution in [0.15, 0.2) is 42.6 Å². The molecule has 74 valence electrons. The van der Waals surface area contributed by atoms with Crippen LogP contribution in [0.4, 0.5) is 0 Å². The van der Waals surface area contributed by atoms with E-state index in [2.05, 4.69) is 24.4 Å². The number of halogens is 1. The average Bonchev–Trinajstić information content (AvgIpc) is 2.26. The van der Waals surface area contributed by atoms with Crippen molar-refractivity contribution in [3.63, 3.8) is 0 Å². The van der Waals surface area contributed by atoms with Gasteiger partial charge in [-0.15, -0.1) is 17.3 Å². The van der Waals surface area contributed by atoms with Crippen molar-refractivity contribution in [2.24, 2.45) is 0 Å². The van der Waals surface area contributed by atoms with Crippen LogP contribution in [0.5, 0.6) is 0 Å². The standard InChI is InChI=1S/C13H15Cl/c1-2-12(8-6-7-11-14)13-9-4-3-5-10-13/h3-5,9-10H,1,6-8,11H2. The van der Waals surface area contributed by atoms with Crippen molar-refractivity contribution in [3.8, 4) is 0 Å². The van der Waals surface area contributed by atoms with Crippen molar-refractivity contribution in [1.82, 2.24) is 0 Å². The van der Waals surface area contributed by atoms with Gasteiger partial charge >= 0.3 is 0 Å². The summed E-state index contributed by atoms with van der Waals surface area (Å²) in [5.41, 5.74) is 5.41. The number of rotatable bonds is 5. The van der Waals surface area contributed by atoms with E-state index in [4.69, 9.17) is 11.6 Å². The van der Waals surface area contributed by atoms with Gasteiger partial charge in [0.05, 0.1) is 0 Å². The highest BCUT2D eigenvalue weighted by Crippen LogP contribution is 2.18. The number of hydrogen-bond acceptors (Lipinski definition) is 0. The first kappa shape index (κ1) is 11.1. The van der Waals surface area contributed by atoms with Crippen molar-refractivity contribution >= 4 is 17.2 Å². The van der Waals surface area contributed by atoms with Crippen LogP contribution >= 0.6 is 11.6 Å². The fourth-order valence-corrected chi connectivity index (χ4v) is 1.56. The maximum absolute atomic E-state index is 5.63. The second-order valence-electron chi connectivity index (χ2n) is 3.17. The number of benzene rings is 1. The van der Waals surface area contributed by atoms with Crippen LogP contribution in [-0.2, 0) is 0 Å². The summed E-state index contributed by atoms with van der Waals surface area (Å²) in [4.78, 5) is 0. The van der Waals surface area contributed by atoms with E-state index in [1.165, 1.54) is 11.1 Å². The smallest absolute Gasteiger partial charge is 0.0223 e. The molecule has 0 aliphatic rings. The van der Waals surface area contributed by atoms with Gasteiger partial charge in [0.2, 0.25) is 0 Å². The third-order valence-corrected chi connectivity index (χ3v) is 2.41. The van der Waals surface area contributed by atoms with Gasteiger partial charge in [0.15, 0.2) is 0 Å². The highest BCUT2D eigenvalue weighted by molar-refractivity contribution is 6.17. The van der Waals surface area contributed by atoms with Crippen LogP contribution in [0, 0.1) is 0 Å². The molecule has 0 aliphatic carbocycles. The lowest BCUT2D eigenvalue weighted by Crippen LogP contribution is -1.84. The molecule has 0 saturated carbocycles. The zero-order valence-electron chi connectivity index (χ0n) is 8.30. The molecule has 0 radical (unpaired) electrons. The molecule has 0 nitrogen and oxygen atoms in total. The minimum atomic E-state index is 0.735. The molecule has 0 amide bonds. The third kappa shape index (κ3) is 3.41. The SMILES string of the molecule is C=C=C(CCCCCl)c1ccccc1. The van der Waals surface area contributed by atoms with E-state index >= 15 is 0 Å². The van der Waals surface area contributed by atoms with Gasteiger partial charge in [0.1, 0.15) is 0 Å². The summed E-state index contributed by atoms with van der Waals surface area (Å²) < 4.78 is 0. The van der Waals surface area contributed by atoms with Gasteiger partial charge in [0, 0.05) is 11.5 Å². The minimum absolute atomic E-state index is 0.735. The van der Waals surface area contributed by atoms with Crippen molar-refractivity contribution in [3.05, 3.63) is 48.2 Å². The zero-order chi connectivity index (χ0) is 10.2. The molecule has 0 spiro atoms. The second-order valence-corrected chi connectivity index (χ2v) is 3.55. The molecule has 1 rings (SSSR count). The molecule has 0 bridgehead atoms. The number of unbranched alkanes of at least 4 members (excludes halogenated alkanes) is 1. The van der Waals surface area contributed by atoms with E-state index in [-0.39, 0.29) is 0 Å². The van der Waals surface area contributed by atoms with Crippen LogP contribution in [0.2, 0.25) is 0 Å².